The molecule has 2 saturated heterocycles. The molecular formula is C13H22N4O3S2. The molecule has 1 atom stereocenters. The molecule has 1 aromatic rings. The average Bonchev–Trinajstić information content (AvgIpc) is 2.98. The highest BCUT2D eigenvalue weighted by Gasteiger charge is 2.42. The Morgan fingerprint density at radius 3 is 3.00 bits per heavy atom. The Bertz CT molecular complexity index is 592. The zero-order valence-corrected chi connectivity index (χ0v) is 14.4. The predicted octanol–water partition coefficient (Wildman–Crippen LogP) is 0.807. The van der Waals surface area contributed by atoms with Gasteiger partial charge in [0.25, 0.3) is 0 Å². The van der Waals surface area contributed by atoms with Crippen LogP contribution >= 0.6 is 11.3 Å². The van der Waals surface area contributed by atoms with Crippen molar-refractivity contribution in [3.05, 3.63) is 5.51 Å². The lowest BCUT2D eigenvalue weighted by molar-refractivity contribution is 0.0351. The van der Waals surface area contributed by atoms with Gasteiger partial charge in [-0.3, -0.25) is 0 Å². The van der Waals surface area contributed by atoms with Gasteiger partial charge in [0.15, 0.2) is 0 Å². The van der Waals surface area contributed by atoms with Gasteiger partial charge in [0.1, 0.15) is 5.51 Å². The fourth-order valence-electron chi connectivity index (χ4n) is 3.29. The van der Waals surface area contributed by atoms with Crippen LogP contribution in [0.25, 0.3) is 0 Å². The molecule has 2 aliphatic rings. The van der Waals surface area contributed by atoms with Crippen molar-refractivity contribution < 1.29 is 13.2 Å². The van der Waals surface area contributed by atoms with Crippen molar-refractivity contribution in [1.29, 1.82) is 0 Å². The summed E-state index contributed by atoms with van der Waals surface area (Å²) < 4.78 is 31.9. The van der Waals surface area contributed by atoms with Gasteiger partial charge < -0.3 is 9.64 Å². The molecule has 0 N–H and O–H groups in total. The van der Waals surface area contributed by atoms with Crippen molar-refractivity contribution in [3.63, 3.8) is 0 Å². The number of aromatic nitrogens is 2. The summed E-state index contributed by atoms with van der Waals surface area (Å²) in [5.41, 5.74) is 1.57. The summed E-state index contributed by atoms with van der Waals surface area (Å²) in [7, 11) is -3.15. The fraction of sp³-hybridized carbons (Fsp3) is 0.846. The molecule has 0 amide bonds. The first kappa shape index (κ1) is 16.1. The third kappa shape index (κ3) is 3.27. The van der Waals surface area contributed by atoms with E-state index >= 15 is 0 Å². The Kier molecular flexibility index (Phi) is 4.67. The molecule has 2 fully saturated rings. The Labute approximate surface area is 135 Å². The largest absolute Gasteiger partial charge is 0.379 e. The molecule has 0 radical (unpaired) electrons. The standard InChI is InChI=1S/C13H22N4O3S2/c1-2-22(18,19)17-5-3-4-13(9-17)8-16(6-7-20-10-13)12-15-14-11-21-12/h11H,2-10H2,1H3/t13-/m0/s1. The number of rotatable bonds is 3. The van der Waals surface area contributed by atoms with Crippen LogP contribution in [0.4, 0.5) is 5.13 Å². The van der Waals surface area contributed by atoms with Gasteiger partial charge in [-0.25, -0.2) is 12.7 Å². The van der Waals surface area contributed by atoms with Crippen molar-refractivity contribution in [2.75, 3.05) is 50.0 Å². The molecule has 9 heteroatoms. The number of hydrogen-bond donors (Lipinski definition) is 0. The predicted molar refractivity (Wildman–Crippen MR) is 85.6 cm³/mol. The van der Waals surface area contributed by atoms with E-state index in [1.807, 2.05) is 0 Å². The van der Waals surface area contributed by atoms with Crippen molar-refractivity contribution in [2.45, 2.75) is 19.8 Å². The van der Waals surface area contributed by atoms with Gasteiger partial charge in [0.2, 0.25) is 15.2 Å². The summed E-state index contributed by atoms with van der Waals surface area (Å²) in [5, 5.41) is 8.95. The molecule has 0 bridgehead atoms. The Morgan fingerprint density at radius 1 is 1.41 bits per heavy atom. The molecule has 2 aliphatic heterocycles. The normalized spacial score (nSPS) is 28.0. The number of hydrogen-bond acceptors (Lipinski definition) is 7. The summed E-state index contributed by atoms with van der Waals surface area (Å²) in [6.45, 7) is 5.66. The van der Waals surface area contributed by atoms with Crippen LogP contribution in [0.2, 0.25) is 0 Å². The second-order valence-corrected chi connectivity index (χ2v) is 9.10. The van der Waals surface area contributed by atoms with Crippen LogP contribution in [0, 0.1) is 5.41 Å². The summed E-state index contributed by atoms with van der Waals surface area (Å²) in [4.78, 5) is 2.19. The third-order valence-electron chi connectivity index (χ3n) is 4.44. The van der Waals surface area contributed by atoms with Crippen molar-refractivity contribution in [2.24, 2.45) is 5.41 Å². The average molecular weight is 346 g/mol. The molecule has 7 nitrogen and oxygen atoms in total. The van der Waals surface area contributed by atoms with Crippen molar-refractivity contribution >= 4 is 26.5 Å². The van der Waals surface area contributed by atoms with E-state index in [0.29, 0.717) is 26.3 Å². The minimum Gasteiger partial charge on any atom is -0.379 e. The van der Waals surface area contributed by atoms with Gasteiger partial charge in [-0.1, -0.05) is 11.3 Å². The highest BCUT2D eigenvalue weighted by molar-refractivity contribution is 7.89. The molecule has 1 aromatic heterocycles. The first-order chi connectivity index (χ1) is 10.5. The monoisotopic (exact) mass is 346 g/mol. The van der Waals surface area contributed by atoms with Gasteiger partial charge in [-0.2, -0.15) is 0 Å². The van der Waals surface area contributed by atoms with Crippen LogP contribution in [0.3, 0.4) is 0 Å². The van der Waals surface area contributed by atoms with Gasteiger partial charge in [-0.15, -0.1) is 10.2 Å². The molecule has 0 aliphatic carbocycles. The molecule has 3 rings (SSSR count). The zero-order chi connectivity index (χ0) is 15.6. The topological polar surface area (TPSA) is 75.6 Å². The number of nitrogens with zero attached hydrogens (tertiary/aromatic N) is 4. The minimum absolute atomic E-state index is 0.150. The van der Waals surface area contributed by atoms with Crippen LogP contribution in [0.15, 0.2) is 5.51 Å². The maximum Gasteiger partial charge on any atom is 0.213 e. The lowest BCUT2D eigenvalue weighted by Gasteiger charge is -2.42. The van der Waals surface area contributed by atoms with E-state index in [1.54, 1.807) is 16.7 Å². The SMILES string of the molecule is CCS(=O)(=O)N1CCC[C@@]2(COCCN(c3nncs3)C2)C1. The van der Waals surface area contributed by atoms with Gasteiger partial charge in [0, 0.05) is 31.6 Å². The number of anilines is 1. The van der Waals surface area contributed by atoms with Crippen molar-refractivity contribution in [1.82, 2.24) is 14.5 Å². The molecule has 3 heterocycles. The van der Waals surface area contributed by atoms with E-state index in [2.05, 4.69) is 15.1 Å². The first-order valence-electron chi connectivity index (χ1n) is 7.61. The molecule has 0 aromatic carbocycles. The molecule has 0 saturated carbocycles. The fourth-order valence-corrected chi connectivity index (χ4v) is 5.12. The maximum absolute atomic E-state index is 12.2. The lowest BCUT2D eigenvalue weighted by atomic mass is 9.81. The third-order valence-corrected chi connectivity index (χ3v) is 7.02. The van der Waals surface area contributed by atoms with Crippen LogP contribution in [-0.4, -0.2) is 68.1 Å². The van der Waals surface area contributed by atoms with Gasteiger partial charge in [0.05, 0.1) is 19.0 Å². The van der Waals surface area contributed by atoms with Gasteiger partial charge in [-0.05, 0) is 19.8 Å². The summed E-state index contributed by atoms with van der Waals surface area (Å²) >= 11 is 1.51. The van der Waals surface area contributed by atoms with Crippen molar-refractivity contribution in [3.8, 4) is 0 Å². The number of piperidine rings is 1. The second kappa shape index (κ2) is 6.38. The van der Waals surface area contributed by atoms with E-state index in [4.69, 9.17) is 4.74 Å². The first-order valence-corrected chi connectivity index (χ1v) is 10.1. The molecular weight excluding hydrogens is 324 g/mol. The highest BCUT2D eigenvalue weighted by atomic mass is 32.2. The minimum atomic E-state index is -3.15. The van der Waals surface area contributed by atoms with E-state index in [1.165, 1.54) is 11.3 Å². The van der Waals surface area contributed by atoms with E-state index in [9.17, 15) is 8.42 Å². The van der Waals surface area contributed by atoms with Crippen LogP contribution in [0.5, 0.6) is 0 Å². The van der Waals surface area contributed by atoms with Crippen LogP contribution in [0.1, 0.15) is 19.8 Å². The highest BCUT2D eigenvalue weighted by Crippen LogP contribution is 2.35. The molecule has 124 valence electrons. The van der Waals surface area contributed by atoms with E-state index < -0.39 is 10.0 Å². The summed E-state index contributed by atoms with van der Waals surface area (Å²) in [6.07, 6.45) is 1.87. The summed E-state index contributed by atoms with van der Waals surface area (Å²) in [5.74, 6) is 0.157. The second-order valence-electron chi connectivity index (χ2n) is 6.03. The molecule has 0 unspecified atom stereocenters. The molecule has 1 spiro atoms. The van der Waals surface area contributed by atoms with E-state index in [-0.39, 0.29) is 11.2 Å². The smallest absolute Gasteiger partial charge is 0.213 e. The quantitative estimate of drug-likeness (QED) is 0.806. The van der Waals surface area contributed by atoms with Crippen LogP contribution in [-0.2, 0) is 14.8 Å². The lowest BCUT2D eigenvalue weighted by Crippen LogP contribution is -2.52. The Morgan fingerprint density at radius 2 is 2.27 bits per heavy atom. The number of ether oxygens (including phenoxy) is 1. The molecule has 22 heavy (non-hydrogen) atoms. The number of sulfonamides is 1. The van der Waals surface area contributed by atoms with E-state index in [0.717, 1.165) is 31.1 Å². The Hall–Kier alpha value is -0.770. The Balaban J connectivity index is 1.81. The zero-order valence-electron chi connectivity index (χ0n) is 12.8. The summed E-state index contributed by atoms with van der Waals surface area (Å²) in [6, 6.07) is 0. The maximum atomic E-state index is 12.2. The van der Waals surface area contributed by atoms with Crippen LogP contribution < -0.4 is 4.90 Å². The van der Waals surface area contributed by atoms with Gasteiger partial charge >= 0.3 is 0 Å².